The summed E-state index contributed by atoms with van der Waals surface area (Å²) in [5, 5.41) is 0.611. The zero-order chi connectivity index (χ0) is 16.1. The SMILES string of the molecule is Nc1cc(-c2c(Cl)c(Cl)c(Cl)c(Cl)c2Cl)c(Cl)c(Cl)c1Cl. The van der Waals surface area contributed by atoms with Gasteiger partial charge in [-0.25, -0.2) is 0 Å². The molecule has 0 amide bonds. The molecule has 0 radical (unpaired) electrons. The lowest BCUT2D eigenvalue weighted by molar-refractivity contribution is 1.60. The molecule has 0 aliphatic rings. The molecule has 0 aliphatic heterocycles. The Kier molecular flexibility index (Phi) is 5.62. The molecule has 0 saturated heterocycles. The van der Waals surface area contributed by atoms with Gasteiger partial charge in [-0.15, -0.1) is 0 Å². The van der Waals surface area contributed by atoms with Gasteiger partial charge in [0.25, 0.3) is 0 Å². The van der Waals surface area contributed by atoms with Crippen LogP contribution in [0.4, 0.5) is 5.69 Å². The lowest BCUT2D eigenvalue weighted by atomic mass is 10.0. The van der Waals surface area contributed by atoms with Crippen molar-refractivity contribution in [2.75, 3.05) is 5.73 Å². The summed E-state index contributed by atoms with van der Waals surface area (Å²) < 4.78 is 0. The zero-order valence-corrected chi connectivity index (χ0v) is 15.7. The van der Waals surface area contributed by atoms with E-state index in [4.69, 9.17) is 98.5 Å². The summed E-state index contributed by atoms with van der Waals surface area (Å²) in [6, 6.07) is 1.48. The maximum absolute atomic E-state index is 6.19. The summed E-state index contributed by atoms with van der Waals surface area (Å²) >= 11 is 48.5. The molecule has 9 heteroatoms. The van der Waals surface area contributed by atoms with Gasteiger partial charge in [0.2, 0.25) is 0 Å². The fourth-order valence-corrected chi connectivity index (χ4v) is 3.64. The Morgan fingerprint density at radius 1 is 0.524 bits per heavy atom. The minimum Gasteiger partial charge on any atom is -0.397 e. The summed E-state index contributed by atoms with van der Waals surface area (Å²) in [5.74, 6) is 0. The molecular weight excluding hydrogens is 442 g/mol. The van der Waals surface area contributed by atoms with Crippen LogP contribution in [0.3, 0.4) is 0 Å². The van der Waals surface area contributed by atoms with E-state index >= 15 is 0 Å². The summed E-state index contributed by atoms with van der Waals surface area (Å²) in [4.78, 5) is 0. The topological polar surface area (TPSA) is 26.0 Å². The first-order valence-corrected chi connectivity index (χ1v) is 8.15. The Morgan fingerprint density at radius 2 is 0.905 bits per heavy atom. The van der Waals surface area contributed by atoms with Crippen molar-refractivity contribution < 1.29 is 0 Å². The van der Waals surface area contributed by atoms with E-state index < -0.39 is 0 Å². The number of nitrogen functional groups attached to an aromatic ring is 1. The smallest absolute Gasteiger partial charge is 0.0837 e. The van der Waals surface area contributed by atoms with Crippen molar-refractivity contribution >= 4 is 98.5 Å². The molecule has 0 saturated carbocycles. The molecule has 1 nitrogen and oxygen atoms in total. The van der Waals surface area contributed by atoms with Crippen LogP contribution in [0.2, 0.25) is 40.2 Å². The third-order valence-electron chi connectivity index (χ3n) is 2.65. The number of hydrogen-bond acceptors (Lipinski definition) is 1. The van der Waals surface area contributed by atoms with Crippen LogP contribution in [0.5, 0.6) is 0 Å². The third kappa shape index (κ3) is 3.00. The van der Waals surface area contributed by atoms with Crippen molar-refractivity contribution in [2.45, 2.75) is 0 Å². The number of halogens is 8. The van der Waals surface area contributed by atoms with Gasteiger partial charge in [-0.1, -0.05) is 92.8 Å². The van der Waals surface area contributed by atoms with Crippen LogP contribution in [-0.2, 0) is 0 Å². The quantitative estimate of drug-likeness (QED) is 0.268. The van der Waals surface area contributed by atoms with Crippen molar-refractivity contribution in [1.29, 1.82) is 0 Å². The Hall–Kier alpha value is 0.560. The molecule has 0 aliphatic carbocycles. The van der Waals surface area contributed by atoms with Gasteiger partial charge >= 0.3 is 0 Å². The van der Waals surface area contributed by atoms with Crippen LogP contribution in [0.1, 0.15) is 0 Å². The molecule has 0 unspecified atom stereocenters. The molecule has 2 aromatic rings. The predicted octanol–water partition coefficient (Wildman–Crippen LogP) is 8.16. The van der Waals surface area contributed by atoms with E-state index in [2.05, 4.69) is 0 Å². The minimum atomic E-state index is 0.0428. The number of benzene rings is 2. The molecule has 0 heterocycles. The molecule has 0 bridgehead atoms. The number of rotatable bonds is 1. The first-order valence-electron chi connectivity index (χ1n) is 5.13. The maximum atomic E-state index is 6.19. The van der Waals surface area contributed by atoms with Gasteiger partial charge in [0.15, 0.2) is 0 Å². The van der Waals surface area contributed by atoms with Gasteiger partial charge in [0.1, 0.15) is 0 Å². The first kappa shape index (κ1) is 17.9. The number of nitrogens with two attached hydrogens (primary N) is 1. The standard InChI is InChI=1S/C12H3Cl8N/c13-5-2(1-3(21)6(14)9(5)17)4-7(15)10(18)12(20)11(19)8(4)16/h1H,21H2. The number of anilines is 1. The van der Waals surface area contributed by atoms with Crippen LogP contribution in [0.25, 0.3) is 11.1 Å². The predicted molar refractivity (Wildman–Crippen MR) is 96.4 cm³/mol. The molecule has 2 rings (SSSR count). The van der Waals surface area contributed by atoms with Crippen molar-refractivity contribution in [1.82, 2.24) is 0 Å². The van der Waals surface area contributed by atoms with E-state index in [1.165, 1.54) is 6.07 Å². The van der Waals surface area contributed by atoms with Crippen LogP contribution >= 0.6 is 92.8 Å². The normalized spacial score (nSPS) is 11.0. The van der Waals surface area contributed by atoms with E-state index in [9.17, 15) is 0 Å². The van der Waals surface area contributed by atoms with Gasteiger partial charge in [-0.2, -0.15) is 0 Å². The summed E-state index contributed by atoms with van der Waals surface area (Å²) in [7, 11) is 0. The zero-order valence-electron chi connectivity index (χ0n) is 9.68. The minimum absolute atomic E-state index is 0.0428. The molecule has 112 valence electrons. The second-order valence-corrected chi connectivity index (χ2v) is 6.92. The van der Waals surface area contributed by atoms with Crippen molar-refractivity contribution in [3.05, 3.63) is 46.2 Å². The van der Waals surface area contributed by atoms with E-state index in [1.807, 2.05) is 0 Å². The lowest BCUT2D eigenvalue weighted by Gasteiger charge is -2.16. The number of hydrogen-bond donors (Lipinski definition) is 1. The fourth-order valence-electron chi connectivity index (χ4n) is 1.65. The second-order valence-electron chi connectivity index (χ2n) is 3.90. The van der Waals surface area contributed by atoms with E-state index in [1.54, 1.807) is 0 Å². The highest BCUT2D eigenvalue weighted by Gasteiger charge is 2.24. The van der Waals surface area contributed by atoms with Crippen LogP contribution in [0, 0.1) is 0 Å². The van der Waals surface area contributed by atoms with Crippen molar-refractivity contribution in [2.24, 2.45) is 0 Å². The summed E-state index contributed by atoms with van der Waals surface area (Å²) in [5.41, 5.74) is 6.60. The first-order chi connectivity index (χ1) is 9.68. The van der Waals surface area contributed by atoms with E-state index in [-0.39, 0.29) is 51.4 Å². The van der Waals surface area contributed by atoms with E-state index in [0.717, 1.165) is 0 Å². The highest BCUT2D eigenvalue weighted by Crippen LogP contribution is 2.51. The van der Waals surface area contributed by atoms with Gasteiger partial charge in [-0.3, -0.25) is 0 Å². The second kappa shape index (κ2) is 6.59. The Bertz CT molecular complexity index is 727. The molecule has 0 atom stereocenters. The fraction of sp³-hybridized carbons (Fsp3) is 0. The van der Waals surface area contributed by atoms with Crippen molar-refractivity contribution in [3.8, 4) is 11.1 Å². The Morgan fingerprint density at radius 3 is 1.38 bits per heavy atom. The highest BCUT2D eigenvalue weighted by atomic mass is 35.5. The summed E-state index contributed by atoms with van der Waals surface area (Å²) in [6.07, 6.45) is 0. The highest BCUT2D eigenvalue weighted by molar-refractivity contribution is 6.57. The maximum Gasteiger partial charge on any atom is 0.0837 e. The average molecular weight is 445 g/mol. The molecule has 21 heavy (non-hydrogen) atoms. The lowest BCUT2D eigenvalue weighted by Crippen LogP contribution is -1.93. The van der Waals surface area contributed by atoms with Gasteiger partial charge in [0, 0.05) is 11.1 Å². The molecular formula is C12H3Cl8N. The molecule has 0 spiro atoms. The average Bonchev–Trinajstić information content (AvgIpc) is 2.46. The molecule has 2 N–H and O–H groups in total. The summed E-state index contributed by atoms with van der Waals surface area (Å²) in [6.45, 7) is 0. The Labute approximate surface area is 160 Å². The largest absolute Gasteiger partial charge is 0.397 e. The third-order valence-corrected chi connectivity index (χ3v) is 6.30. The van der Waals surface area contributed by atoms with Gasteiger partial charge < -0.3 is 5.73 Å². The van der Waals surface area contributed by atoms with Crippen molar-refractivity contribution in [3.63, 3.8) is 0 Å². The van der Waals surface area contributed by atoms with Gasteiger partial charge in [-0.05, 0) is 6.07 Å². The molecule has 0 fully saturated rings. The molecule has 0 aromatic heterocycles. The van der Waals surface area contributed by atoms with Crippen LogP contribution in [0.15, 0.2) is 6.07 Å². The van der Waals surface area contributed by atoms with Crippen LogP contribution in [-0.4, -0.2) is 0 Å². The molecule has 2 aromatic carbocycles. The van der Waals surface area contributed by atoms with Gasteiger partial charge in [0.05, 0.1) is 45.9 Å². The van der Waals surface area contributed by atoms with E-state index in [0.29, 0.717) is 5.56 Å². The Balaban J connectivity index is 2.93. The monoisotopic (exact) mass is 441 g/mol. The van der Waals surface area contributed by atoms with Crippen LogP contribution < -0.4 is 5.73 Å².